The number of aliphatic hydroxyl groups excluding tert-OH is 1. The van der Waals surface area contributed by atoms with Crippen LogP contribution in [0.25, 0.3) is 0 Å². The van der Waals surface area contributed by atoms with Crippen LogP contribution >= 0.6 is 11.3 Å². The first-order valence-corrected chi connectivity index (χ1v) is 7.38. The minimum absolute atomic E-state index is 0.119. The number of nitrogens with zero attached hydrogens (tertiary/aromatic N) is 1. The number of aliphatic hydroxyl groups is 1. The van der Waals surface area contributed by atoms with Crippen LogP contribution in [0.15, 0.2) is 17.5 Å². The van der Waals surface area contributed by atoms with E-state index in [2.05, 4.69) is 19.9 Å². The molecule has 100 valence electrons. The van der Waals surface area contributed by atoms with Crippen LogP contribution in [-0.4, -0.2) is 34.1 Å². The molecular formula is C14H21NO2S. The molecular weight excluding hydrogens is 246 g/mol. The van der Waals surface area contributed by atoms with Crippen molar-refractivity contribution < 1.29 is 9.90 Å². The van der Waals surface area contributed by atoms with E-state index >= 15 is 0 Å². The molecule has 1 atom stereocenters. The van der Waals surface area contributed by atoms with Gasteiger partial charge in [-0.3, -0.25) is 4.79 Å². The Hall–Kier alpha value is -0.870. The normalized spacial score (nSPS) is 23.1. The van der Waals surface area contributed by atoms with Crippen LogP contribution in [0.3, 0.4) is 0 Å². The average molecular weight is 267 g/mol. The molecule has 0 aromatic carbocycles. The van der Waals surface area contributed by atoms with Crippen molar-refractivity contribution in [2.24, 2.45) is 0 Å². The molecule has 0 saturated carbocycles. The van der Waals surface area contributed by atoms with Gasteiger partial charge in [0, 0.05) is 23.4 Å². The maximum atomic E-state index is 12.3. The largest absolute Gasteiger partial charge is 0.391 e. The van der Waals surface area contributed by atoms with Crippen molar-refractivity contribution in [2.75, 3.05) is 6.54 Å². The van der Waals surface area contributed by atoms with Crippen LogP contribution in [0, 0.1) is 0 Å². The SMILES string of the molecule is CC1(C)CCC(O)CN1C(=O)CCc1cccs1. The Balaban J connectivity index is 1.94. The van der Waals surface area contributed by atoms with E-state index < -0.39 is 0 Å². The van der Waals surface area contributed by atoms with E-state index in [9.17, 15) is 9.90 Å². The van der Waals surface area contributed by atoms with Gasteiger partial charge in [-0.05, 0) is 44.6 Å². The van der Waals surface area contributed by atoms with Gasteiger partial charge in [-0.25, -0.2) is 0 Å². The van der Waals surface area contributed by atoms with Crippen LogP contribution in [0.2, 0.25) is 0 Å². The molecule has 3 nitrogen and oxygen atoms in total. The topological polar surface area (TPSA) is 40.5 Å². The summed E-state index contributed by atoms with van der Waals surface area (Å²) in [6.07, 6.45) is 2.65. The molecule has 1 fully saturated rings. The van der Waals surface area contributed by atoms with Gasteiger partial charge in [0.15, 0.2) is 0 Å². The predicted octanol–water partition coefficient (Wildman–Crippen LogP) is 2.44. The minimum atomic E-state index is -0.358. The summed E-state index contributed by atoms with van der Waals surface area (Å²) in [5, 5.41) is 11.8. The highest BCUT2D eigenvalue weighted by Gasteiger charge is 2.36. The fourth-order valence-corrected chi connectivity index (χ4v) is 3.17. The van der Waals surface area contributed by atoms with Gasteiger partial charge in [0.25, 0.3) is 0 Å². The molecule has 1 aromatic rings. The number of likely N-dealkylation sites (tertiary alicyclic amines) is 1. The number of thiophene rings is 1. The fraction of sp³-hybridized carbons (Fsp3) is 0.643. The number of carbonyl (C=O) groups excluding carboxylic acids is 1. The second kappa shape index (κ2) is 5.41. The van der Waals surface area contributed by atoms with E-state index in [4.69, 9.17) is 0 Å². The van der Waals surface area contributed by atoms with Crippen LogP contribution < -0.4 is 0 Å². The number of aryl methyl sites for hydroxylation is 1. The number of amides is 1. The van der Waals surface area contributed by atoms with Gasteiger partial charge in [0.2, 0.25) is 5.91 Å². The van der Waals surface area contributed by atoms with Crippen LogP contribution in [-0.2, 0) is 11.2 Å². The summed E-state index contributed by atoms with van der Waals surface area (Å²) in [5.74, 6) is 0.159. The smallest absolute Gasteiger partial charge is 0.223 e. The van der Waals surface area contributed by atoms with Crippen molar-refractivity contribution in [1.29, 1.82) is 0 Å². The molecule has 1 aliphatic rings. The number of β-amino-alcohol motifs (C(OH)–C–C–N with tert-alkyl or cyclic N) is 1. The van der Waals surface area contributed by atoms with Gasteiger partial charge >= 0.3 is 0 Å². The summed E-state index contributed by atoms with van der Waals surface area (Å²) in [6, 6.07) is 4.08. The number of piperidine rings is 1. The molecule has 2 heterocycles. The molecule has 4 heteroatoms. The molecule has 1 saturated heterocycles. The lowest BCUT2D eigenvalue weighted by molar-refractivity contribution is -0.142. The van der Waals surface area contributed by atoms with Gasteiger partial charge in [0.1, 0.15) is 0 Å². The average Bonchev–Trinajstić information content (AvgIpc) is 2.82. The van der Waals surface area contributed by atoms with E-state index in [1.165, 1.54) is 4.88 Å². The van der Waals surface area contributed by atoms with Gasteiger partial charge in [-0.15, -0.1) is 11.3 Å². The lowest BCUT2D eigenvalue weighted by atomic mass is 9.88. The van der Waals surface area contributed by atoms with Crippen molar-refractivity contribution >= 4 is 17.2 Å². The standard InChI is InChI=1S/C14H21NO2S/c1-14(2)8-7-11(16)10-15(14)13(17)6-5-12-4-3-9-18-12/h3-4,9,11,16H,5-8,10H2,1-2H3. The monoisotopic (exact) mass is 267 g/mol. The highest BCUT2D eigenvalue weighted by Crippen LogP contribution is 2.28. The van der Waals surface area contributed by atoms with Crippen LogP contribution in [0.5, 0.6) is 0 Å². The molecule has 0 aliphatic carbocycles. The highest BCUT2D eigenvalue weighted by molar-refractivity contribution is 7.09. The Morgan fingerprint density at radius 1 is 1.61 bits per heavy atom. The van der Waals surface area contributed by atoms with Gasteiger partial charge < -0.3 is 10.0 Å². The first-order valence-electron chi connectivity index (χ1n) is 6.50. The quantitative estimate of drug-likeness (QED) is 0.914. The van der Waals surface area contributed by atoms with Crippen molar-refractivity contribution in [1.82, 2.24) is 4.90 Å². The third-order valence-corrected chi connectivity index (χ3v) is 4.62. The second-order valence-electron chi connectivity index (χ2n) is 5.59. The Kier molecular flexibility index (Phi) is 4.07. The van der Waals surface area contributed by atoms with Gasteiger partial charge in [-0.2, -0.15) is 0 Å². The summed E-state index contributed by atoms with van der Waals surface area (Å²) in [4.78, 5) is 15.4. The lowest BCUT2D eigenvalue weighted by Crippen LogP contribution is -2.54. The minimum Gasteiger partial charge on any atom is -0.391 e. The summed E-state index contributed by atoms with van der Waals surface area (Å²) in [5.41, 5.74) is -0.119. The van der Waals surface area contributed by atoms with E-state index in [0.29, 0.717) is 13.0 Å². The van der Waals surface area contributed by atoms with E-state index in [1.54, 1.807) is 11.3 Å². The molecule has 1 amide bonds. The van der Waals surface area contributed by atoms with Crippen LogP contribution in [0.1, 0.15) is 38.0 Å². The number of carbonyl (C=O) groups is 1. The fourth-order valence-electron chi connectivity index (χ4n) is 2.46. The summed E-state index contributed by atoms with van der Waals surface area (Å²) in [7, 11) is 0. The maximum absolute atomic E-state index is 12.3. The zero-order valence-corrected chi connectivity index (χ0v) is 11.9. The van der Waals surface area contributed by atoms with Crippen molar-refractivity contribution in [2.45, 2.75) is 51.2 Å². The van der Waals surface area contributed by atoms with E-state index in [-0.39, 0.29) is 17.6 Å². The predicted molar refractivity (Wildman–Crippen MR) is 73.7 cm³/mol. The zero-order valence-electron chi connectivity index (χ0n) is 11.1. The molecule has 1 aliphatic heterocycles. The van der Waals surface area contributed by atoms with Crippen molar-refractivity contribution in [3.63, 3.8) is 0 Å². The summed E-state index contributed by atoms with van der Waals surface area (Å²) < 4.78 is 0. The third-order valence-electron chi connectivity index (χ3n) is 3.68. The molecule has 2 rings (SSSR count). The first kappa shape index (κ1) is 13.6. The Morgan fingerprint density at radius 2 is 2.39 bits per heavy atom. The zero-order chi connectivity index (χ0) is 13.2. The molecule has 1 N–H and O–H groups in total. The molecule has 0 bridgehead atoms. The van der Waals surface area contributed by atoms with Crippen molar-refractivity contribution in [3.05, 3.63) is 22.4 Å². The Labute approximate surface area is 112 Å². The summed E-state index contributed by atoms with van der Waals surface area (Å²) >= 11 is 1.69. The van der Waals surface area contributed by atoms with Crippen LogP contribution in [0.4, 0.5) is 0 Å². The lowest BCUT2D eigenvalue weighted by Gasteiger charge is -2.44. The van der Waals surface area contributed by atoms with Crippen molar-refractivity contribution in [3.8, 4) is 0 Å². The second-order valence-corrected chi connectivity index (χ2v) is 6.62. The molecule has 1 unspecified atom stereocenters. The van der Waals surface area contributed by atoms with E-state index in [0.717, 1.165) is 19.3 Å². The van der Waals surface area contributed by atoms with Gasteiger partial charge in [-0.1, -0.05) is 6.07 Å². The highest BCUT2D eigenvalue weighted by atomic mass is 32.1. The molecule has 1 aromatic heterocycles. The number of hydrogen-bond acceptors (Lipinski definition) is 3. The molecule has 18 heavy (non-hydrogen) atoms. The third kappa shape index (κ3) is 3.12. The number of rotatable bonds is 3. The Bertz CT molecular complexity index is 400. The van der Waals surface area contributed by atoms with E-state index in [1.807, 2.05) is 16.3 Å². The van der Waals surface area contributed by atoms with Gasteiger partial charge in [0.05, 0.1) is 6.10 Å². The molecule has 0 spiro atoms. The number of hydrogen-bond donors (Lipinski definition) is 1. The first-order chi connectivity index (χ1) is 8.49. The Morgan fingerprint density at radius 3 is 3.06 bits per heavy atom. The maximum Gasteiger partial charge on any atom is 0.223 e. The molecule has 0 radical (unpaired) electrons. The summed E-state index contributed by atoms with van der Waals surface area (Å²) in [6.45, 7) is 4.65.